The van der Waals surface area contributed by atoms with E-state index < -0.39 is 0 Å². The van der Waals surface area contributed by atoms with E-state index in [9.17, 15) is 4.79 Å². The lowest BCUT2D eigenvalue weighted by atomic mass is 9.83. The lowest BCUT2D eigenvalue weighted by Gasteiger charge is -2.28. The fourth-order valence-electron chi connectivity index (χ4n) is 3.06. The van der Waals surface area contributed by atoms with Gasteiger partial charge in [-0.1, -0.05) is 25.3 Å². The summed E-state index contributed by atoms with van der Waals surface area (Å²) in [6.07, 6.45) is 11.7. The number of hydrogen-bond donors (Lipinski definition) is 2. The van der Waals surface area contributed by atoms with Gasteiger partial charge in [0, 0.05) is 12.4 Å². The van der Waals surface area contributed by atoms with E-state index in [1.165, 1.54) is 24.8 Å². The van der Waals surface area contributed by atoms with Gasteiger partial charge in [-0.3, -0.25) is 9.78 Å². The third-order valence-electron chi connectivity index (χ3n) is 4.16. The van der Waals surface area contributed by atoms with E-state index >= 15 is 0 Å². The average molecular weight is 275 g/mol. The Kier molecular flexibility index (Phi) is 5.99. The molecule has 0 saturated heterocycles. The molecule has 1 aromatic rings. The van der Waals surface area contributed by atoms with E-state index in [-0.39, 0.29) is 11.9 Å². The van der Waals surface area contributed by atoms with E-state index in [4.69, 9.17) is 5.73 Å². The molecular weight excluding hydrogens is 250 g/mol. The summed E-state index contributed by atoms with van der Waals surface area (Å²) in [6.45, 7) is 0.832. The Bertz CT molecular complexity index is 401. The summed E-state index contributed by atoms with van der Waals surface area (Å²) in [6, 6.07) is 3.89. The Hall–Kier alpha value is -1.42. The lowest BCUT2D eigenvalue weighted by molar-refractivity contribution is -0.121. The van der Waals surface area contributed by atoms with Gasteiger partial charge < -0.3 is 11.1 Å². The molecule has 0 bridgehead atoms. The van der Waals surface area contributed by atoms with Crippen LogP contribution in [0.4, 0.5) is 0 Å². The molecule has 3 N–H and O–H groups in total. The quantitative estimate of drug-likeness (QED) is 0.748. The first-order valence-corrected chi connectivity index (χ1v) is 7.69. The Morgan fingerprint density at radius 3 is 2.85 bits per heavy atom. The molecule has 2 rings (SSSR count). The number of hydrogen-bond acceptors (Lipinski definition) is 3. The Morgan fingerprint density at radius 1 is 1.40 bits per heavy atom. The van der Waals surface area contributed by atoms with Crippen LogP contribution < -0.4 is 11.1 Å². The molecule has 1 atom stereocenters. The van der Waals surface area contributed by atoms with Crippen molar-refractivity contribution in [3.8, 4) is 0 Å². The molecule has 1 aromatic heterocycles. The van der Waals surface area contributed by atoms with Gasteiger partial charge in [0.15, 0.2) is 0 Å². The maximum absolute atomic E-state index is 11.6. The van der Waals surface area contributed by atoms with Crippen LogP contribution in [0.5, 0.6) is 0 Å². The van der Waals surface area contributed by atoms with Gasteiger partial charge >= 0.3 is 0 Å². The van der Waals surface area contributed by atoms with Gasteiger partial charge in [-0.25, -0.2) is 0 Å². The highest BCUT2D eigenvalue weighted by Gasteiger charge is 2.27. The maximum atomic E-state index is 11.6. The summed E-state index contributed by atoms with van der Waals surface area (Å²) in [5.74, 6) is 0.234. The summed E-state index contributed by atoms with van der Waals surface area (Å²) >= 11 is 0. The van der Waals surface area contributed by atoms with Crippen LogP contribution in [0.2, 0.25) is 0 Å². The largest absolute Gasteiger partial charge is 0.368 e. The van der Waals surface area contributed by atoms with Gasteiger partial charge in [0.25, 0.3) is 0 Å². The second-order valence-corrected chi connectivity index (χ2v) is 5.70. The van der Waals surface area contributed by atoms with Crippen LogP contribution in [-0.2, 0) is 11.2 Å². The van der Waals surface area contributed by atoms with Crippen molar-refractivity contribution in [1.82, 2.24) is 10.3 Å². The van der Waals surface area contributed by atoms with Gasteiger partial charge in [0.2, 0.25) is 5.91 Å². The first-order chi connectivity index (χ1) is 9.77. The summed E-state index contributed by atoms with van der Waals surface area (Å²) in [5.41, 5.74) is 6.79. The molecule has 4 heteroatoms. The number of nitrogens with zero attached hydrogens (tertiary/aromatic N) is 1. The number of carbonyl (C=O) groups excluding carboxylic acids is 1. The van der Waals surface area contributed by atoms with E-state index in [0.717, 1.165) is 32.2 Å². The van der Waals surface area contributed by atoms with Crippen molar-refractivity contribution >= 4 is 5.91 Å². The number of pyridine rings is 1. The molecule has 1 aliphatic rings. The van der Waals surface area contributed by atoms with Gasteiger partial charge in [-0.15, -0.1) is 0 Å². The second kappa shape index (κ2) is 8.00. The summed E-state index contributed by atoms with van der Waals surface area (Å²) in [4.78, 5) is 15.7. The molecule has 1 amide bonds. The number of rotatable bonds is 7. The monoisotopic (exact) mass is 275 g/mol. The van der Waals surface area contributed by atoms with Crippen LogP contribution in [0.3, 0.4) is 0 Å². The molecule has 0 aliphatic heterocycles. The average Bonchev–Trinajstić information content (AvgIpc) is 2.49. The normalized spacial score (nSPS) is 17.8. The van der Waals surface area contributed by atoms with Crippen molar-refractivity contribution in [3.05, 3.63) is 30.1 Å². The molecule has 1 heterocycles. The number of nitrogens with two attached hydrogens (primary N) is 1. The molecule has 110 valence electrons. The minimum atomic E-state index is -0.196. The zero-order valence-corrected chi connectivity index (χ0v) is 12.1. The van der Waals surface area contributed by atoms with Gasteiger partial charge in [0.1, 0.15) is 0 Å². The summed E-state index contributed by atoms with van der Waals surface area (Å²) in [5, 5.41) is 3.36. The van der Waals surface area contributed by atoms with Crippen LogP contribution >= 0.6 is 0 Å². The van der Waals surface area contributed by atoms with Gasteiger partial charge in [-0.2, -0.15) is 0 Å². The number of nitrogens with one attached hydrogen (secondary N) is 1. The molecule has 0 radical (unpaired) electrons. The molecule has 0 aromatic carbocycles. The predicted octanol–water partition coefficient (Wildman–Crippen LogP) is 2.04. The van der Waals surface area contributed by atoms with Crippen LogP contribution in [0.25, 0.3) is 0 Å². The van der Waals surface area contributed by atoms with Gasteiger partial charge in [0.05, 0.1) is 6.04 Å². The molecule has 1 fully saturated rings. The SMILES string of the molecule is NC(=O)C(NCCCc1cccnc1)C1CCCCC1. The van der Waals surface area contributed by atoms with Crippen molar-refractivity contribution < 1.29 is 4.79 Å². The predicted molar refractivity (Wildman–Crippen MR) is 80.1 cm³/mol. The highest BCUT2D eigenvalue weighted by atomic mass is 16.1. The molecule has 0 spiro atoms. The molecule has 1 aliphatic carbocycles. The topological polar surface area (TPSA) is 68.0 Å². The van der Waals surface area contributed by atoms with E-state index in [1.807, 2.05) is 12.3 Å². The number of aromatic nitrogens is 1. The highest BCUT2D eigenvalue weighted by Crippen LogP contribution is 2.26. The Balaban J connectivity index is 1.73. The van der Waals surface area contributed by atoms with Crippen molar-refractivity contribution in [1.29, 1.82) is 0 Å². The van der Waals surface area contributed by atoms with Crippen molar-refractivity contribution in [2.24, 2.45) is 11.7 Å². The Morgan fingerprint density at radius 2 is 2.20 bits per heavy atom. The Labute approximate surface area is 121 Å². The number of aryl methyl sites for hydroxylation is 1. The van der Waals surface area contributed by atoms with E-state index in [0.29, 0.717) is 5.92 Å². The third-order valence-corrected chi connectivity index (χ3v) is 4.16. The zero-order chi connectivity index (χ0) is 14.2. The minimum Gasteiger partial charge on any atom is -0.368 e. The second-order valence-electron chi connectivity index (χ2n) is 5.70. The maximum Gasteiger partial charge on any atom is 0.234 e. The molecule has 1 unspecified atom stereocenters. The number of carbonyl (C=O) groups is 1. The molecular formula is C16H25N3O. The minimum absolute atomic E-state index is 0.149. The summed E-state index contributed by atoms with van der Waals surface area (Å²) in [7, 11) is 0. The van der Waals surface area contributed by atoms with Crippen molar-refractivity contribution in [2.75, 3.05) is 6.54 Å². The third kappa shape index (κ3) is 4.60. The molecule has 4 nitrogen and oxygen atoms in total. The fraction of sp³-hybridized carbons (Fsp3) is 0.625. The highest BCUT2D eigenvalue weighted by molar-refractivity contribution is 5.80. The first kappa shape index (κ1) is 15.0. The van der Waals surface area contributed by atoms with Crippen LogP contribution in [-0.4, -0.2) is 23.5 Å². The van der Waals surface area contributed by atoms with Crippen molar-refractivity contribution in [3.63, 3.8) is 0 Å². The zero-order valence-electron chi connectivity index (χ0n) is 12.1. The lowest BCUT2D eigenvalue weighted by Crippen LogP contribution is -2.47. The molecule has 1 saturated carbocycles. The van der Waals surface area contributed by atoms with E-state index in [1.54, 1.807) is 6.20 Å². The summed E-state index contributed by atoms with van der Waals surface area (Å²) < 4.78 is 0. The van der Waals surface area contributed by atoms with Gasteiger partial charge in [-0.05, 0) is 49.8 Å². The van der Waals surface area contributed by atoms with E-state index in [2.05, 4.69) is 16.4 Å². The molecule has 20 heavy (non-hydrogen) atoms. The van der Waals surface area contributed by atoms with Crippen LogP contribution in [0.15, 0.2) is 24.5 Å². The van der Waals surface area contributed by atoms with Crippen LogP contribution in [0.1, 0.15) is 44.1 Å². The van der Waals surface area contributed by atoms with Crippen LogP contribution in [0, 0.1) is 5.92 Å². The smallest absolute Gasteiger partial charge is 0.234 e. The van der Waals surface area contributed by atoms with Crippen molar-refractivity contribution in [2.45, 2.75) is 51.0 Å². The number of amides is 1. The fourth-order valence-corrected chi connectivity index (χ4v) is 3.06. The standard InChI is InChI=1S/C16H25N3O/c17-16(20)15(14-8-2-1-3-9-14)19-11-5-7-13-6-4-10-18-12-13/h4,6,10,12,14-15,19H,1-3,5,7-9,11H2,(H2,17,20). The number of primary amides is 1. The first-order valence-electron chi connectivity index (χ1n) is 7.69.